The van der Waals surface area contributed by atoms with Crippen molar-refractivity contribution in [2.45, 2.75) is 20.3 Å². The Morgan fingerprint density at radius 3 is 2.79 bits per heavy atom. The summed E-state index contributed by atoms with van der Waals surface area (Å²) in [6.45, 7) is 6.82. The normalized spacial score (nSPS) is 10.2. The lowest BCUT2D eigenvalue weighted by atomic mass is 10.3. The monoisotopic (exact) mass is 193 g/mol. The van der Waals surface area contributed by atoms with Gasteiger partial charge < -0.3 is 10.6 Å². The molecule has 0 saturated carbocycles. The fourth-order valence-corrected chi connectivity index (χ4v) is 1.46. The molecule has 0 saturated heterocycles. The van der Waals surface area contributed by atoms with Crippen LogP contribution in [0.2, 0.25) is 0 Å². The molecule has 1 rings (SSSR count). The van der Waals surface area contributed by atoms with Gasteiger partial charge in [-0.1, -0.05) is 6.92 Å². The highest BCUT2D eigenvalue weighted by molar-refractivity contribution is 5.40. The van der Waals surface area contributed by atoms with Crippen molar-refractivity contribution in [1.29, 1.82) is 0 Å². The van der Waals surface area contributed by atoms with E-state index in [0.717, 1.165) is 25.3 Å². The van der Waals surface area contributed by atoms with Gasteiger partial charge in [0.1, 0.15) is 5.82 Å². The number of pyridine rings is 1. The van der Waals surface area contributed by atoms with Crippen LogP contribution in [0.3, 0.4) is 0 Å². The van der Waals surface area contributed by atoms with Crippen LogP contribution in [-0.2, 0) is 0 Å². The summed E-state index contributed by atoms with van der Waals surface area (Å²) in [5.74, 6) is 1.04. The first-order valence-electron chi connectivity index (χ1n) is 5.15. The number of hydrogen-bond donors (Lipinski definition) is 1. The quantitative estimate of drug-likeness (QED) is 0.771. The molecule has 1 aromatic rings. The predicted octanol–water partition coefficient (Wildman–Crippen LogP) is 1.57. The first kappa shape index (κ1) is 11.0. The topological polar surface area (TPSA) is 42.1 Å². The highest BCUT2D eigenvalue weighted by Gasteiger charge is 2.04. The SMILES string of the molecule is CCCN(CCN)c1cc(C)ccn1. The molecule has 78 valence electrons. The van der Waals surface area contributed by atoms with Gasteiger partial charge in [0, 0.05) is 25.8 Å². The average molecular weight is 193 g/mol. The molecule has 3 nitrogen and oxygen atoms in total. The van der Waals surface area contributed by atoms with Gasteiger partial charge in [0.2, 0.25) is 0 Å². The summed E-state index contributed by atoms with van der Waals surface area (Å²) < 4.78 is 0. The van der Waals surface area contributed by atoms with Crippen LogP contribution >= 0.6 is 0 Å². The zero-order chi connectivity index (χ0) is 10.4. The lowest BCUT2D eigenvalue weighted by Gasteiger charge is -2.22. The Balaban J connectivity index is 2.75. The van der Waals surface area contributed by atoms with Gasteiger partial charge in [0.05, 0.1) is 0 Å². The summed E-state index contributed by atoms with van der Waals surface area (Å²) in [7, 11) is 0. The maximum atomic E-state index is 5.57. The molecule has 0 bridgehead atoms. The van der Waals surface area contributed by atoms with Crippen LogP contribution in [0, 0.1) is 6.92 Å². The van der Waals surface area contributed by atoms with E-state index in [1.54, 1.807) is 0 Å². The van der Waals surface area contributed by atoms with Gasteiger partial charge in [0.15, 0.2) is 0 Å². The van der Waals surface area contributed by atoms with Gasteiger partial charge in [-0.3, -0.25) is 0 Å². The van der Waals surface area contributed by atoms with Gasteiger partial charge in [-0.05, 0) is 31.0 Å². The smallest absolute Gasteiger partial charge is 0.128 e. The average Bonchev–Trinajstić information content (AvgIpc) is 2.17. The van der Waals surface area contributed by atoms with Gasteiger partial charge in [-0.2, -0.15) is 0 Å². The van der Waals surface area contributed by atoms with E-state index >= 15 is 0 Å². The molecule has 2 N–H and O–H groups in total. The van der Waals surface area contributed by atoms with Crippen LogP contribution in [0.25, 0.3) is 0 Å². The molecule has 0 atom stereocenters. The fourth-order valence-electron chi connectivity index (χ4n) is 1.46. The lowest BCUT2D eigenvalue weighted by molar-refractivity contribution is 0.750. The predicted molar refractivity (Wildman–Crippen MR) is 60.5 cm³/mol. The molecule has 0 spiro atoms. The van der Waals surface area contributed by atoms with Crippen molar-refractivity contribution in [3.05, 3.63) is 23.9 Å². The summed E-state index contributed by atoms with van der Waals surface area (Å²) >= 11 is 0. The van der Waals surface area contributed by atoms with Crippen LogP contribution in [0.15, 0.2) is 18.3 Å². The molecule has 0 aliphatic carbocycles. The molecule has 0 aliphatic rings. The van der Waals surface area contributed by atoms with E-state index in [9.17, 15) is 0 Å². The van der Waals surface area contributed by atoms with E-state index < -0.39 is 0 Å². The third kappa shape index (κ3) is 3.00. The molecule has 0 aromatic carbocycles. The number of hydrogen-bond acceptors (Lipinski definition) is 3. The van der Waals surface area contributed by atoms with Crippen LogP contribution in [0.1, 0.15) is 18.9 Å². The molecule has 14 heavy (non-hydrogen) atoms. The second-order valence-electron chi connectivity index (χ2n) is 3.47. The van der Waals surface area contributed by atoms with E-state index in [-0.39, 0.29) is 0 Å². The van der Waals surface area contributed by atoms with Crippen molar-refractivity contribution in [3.8, 4) is 0 Å². The molecule has 0 aliphatic heterocycles. The Labute approximate surface area is 85.9 Å². The molecule has 0 amide bonds. The largest absolute Gasteiger partial charge is 0.355 e. The Morgan fingerprint density at radius 2 is 2.21 bits per heavy atom. The highest BCUT2D eigenvalue weighted by atomic mass is 15.2. The maximum absolute atomic E-state index is 5.57. The van der Waals surface area contributed by atoms with E-state index in [2.05, 4.69) is 29.8 Å². The first-order chi connectivity index (χ1) is 6.77. The van der Waals surface area contributed by atoms with E-state index in [1.165, 1.54) is 5.56 Å². The Kier molecular flexibility index (Phi) is 4.40. The molecular weight excluding hydrogens is 174 g/mol. The van der Waals surface area contributed by atoms with Gasteiger partial charge in [-0.25, -0.2) is 4.98 Å². The number of nitrogens with two attached hydrogens (primary N) is 1. The molecule has 0 radical (unpaired) electrons. The Bertz CT molecular complexity index is 267. The van der Waals surface area contributed by atoms with Crippen LogP contribution in [0.5, 0.6) is 0 Å². The molecule has 1 heterocycles. The second-order valence-corrected chi connectivity index (χ2v) is 3.47. The van der Waals surface area contributed by atoms with Crippen LogP contribution in [-0.4, -0.2) is 24.6 Å². The second kappa shape index (κ2) is 5.60. The number of aromatic nitrogens is 1. The number of aryl methyl sites for hydroxylation is 1. The van der Waals surface area contributed by atoms with Crippen LogP contribution < -0.4 is 10.6 Å². The lowest BCUT2D eigenvalue weighted by Crippen LogP contribution is -2.30. The van der Waals surface area contributed by atoms with Gasteiger partial charge >= 0.3 is 0 Å². The zero-order valence-electron chi connectivity index (χ0n) is 9.03. The summed E-state index contributed by atoms with van der Waals surface area (Å²) in [4.78, 5) is 6.58. The molecule has 0 unspecified atom stereocenters. The van der Waals surface area contributed by atoms with Crippen molar-refractivity contribution in [3.63, 3.8) is 0 Å². The number of nitrogens with zero attached hydrogens (tertiary/aromatic N) is 2. The van der Waals surface area contributed by atoms with E-state index in [1.807, 2.05) is 12.3 Å². The minimum atomic E-state index is 0.676. The summed E-state index contributed by atoms with van der Waals surface area (Å²) in [5, 5.41) is 0. The molecule has 1 aromatic heterocycles. The van der Waals surface area contributed by atoms with Crippen molar-refractivity contribution in [1.82, 2.24) is 4.98 Å². The number of anilines is 1. The third-order valence-corrected chi connectivity index (χ3v) is 2.12. The molecule has 0 fully saturated rings. The summed E-state index contributed by atoms with van der Waals surface area (Å²) in [5.41, 5.74) is 6.81. The minimum Gasteiger partial charge on any atom is -0.355 e. The Morgan fingerprint density at radius 1 is 1.43 bits per heavy atom. The molecule has 3 heteroatoms. The van der Waals surface area contributed by atoms with Crippen molar-refractivity contribution < 1.29 is 0 Å². The highest BCUT2D eigenvalue weighted by Crippen LogP contribution is 2.11. The number of rotatable bonds is 5. The van der Waals surface area contributed by atoms with Crippen molar-refractivity contribution in [2.75, 3.05) is 24.5 Å². The van der Waals surface area contributed by atoms with Gasteiger partial charge in [-0.15, -0.1) is 0 Å². The standard InChI is InChI=1S/C11H19N3/c1-3-7-14(8-5-12)11-9-10(2)4-6-13-11/h4,6,9H,3,5,7-8,12H2,1-2H3. The molecular formula is C11H19N3. The van der Waals surface area contributed by atoms with Crippen molar-refractivity contribution >= 4 is 5.82 Å². The maximum Gasteiger partial charge on any atom is 0.128 e. The van der Waals surface area contributed by atoms with E-state index in [4.69, 9.17) is 5.73 Å². The van der Waals surface area contributed by atoms with Crippen LogP contribution in [0.4, 0.5) is 5.82 Å². The van der Waals surface area contributed by atoms with Gasteiger partial charge in [0.25, 0.3) is 0 Å². The first-order valence-corrected chi connectivity index (χ1v) is 5.15. The fraction of sp³-hybridized carbons (Fsp3) is 0.545. The summed E-state index contributed by atoms with van der Waals surface area (Å²) in [6, 6.07) is 4.11. The Hall–Kier alpha value is -1.09. The van der Waals surface area contributed by atoms with E-state index in [0.29, 0.717) is 6.54 Å². The zero-order valence-corrected chi connectivity index (χ0v) is 9.03. The summed E-state index contributed by atoms with van der Waals surface area (Å²) in [6.07, 6.45) is 2.97. The van der Waals surface area contributed by atoms with Crippen molar-refractivity contribution in [2.24, 2.45) is 5.73 Å². The minimum absolute atomic E-state index is 0.676. The third-order valence-electron chi connectivity index (χ3n) is 2.12.